The highest BCUT2D eigenvalue weighted by Gasteiger charge is 2.53. The maximum atomic E-state index is 14.3. The van der Waals surface area contributed by atoms with Gasteiger partial charge in [0.05, 0.1) is 19.3 Å². The molecule has 3 amide bonds. The highest BCUT2D eigenvalue weighted by molar-refractivity contribution is 5.96. The van der Waals surface area contributed by atoms with Crippen molar-refractivity contribution in [3.63, 3.8) is 0 Å². The van der Waals surface area contributed by atoms with E-state index in [9.17, 15) is 19.5 Å². The molecule has 0 radical (unpaired) electrons. The molecule has 9 heteroatoms. The van der Waals surface area contributed by atoms with Crippen LogP contribution in [0.2, 0.25) is 0 Å². The van der Waals surface area contributed by atoms with Crippen LogP contribution in [0.25, 0.3) is 0 Å². The van der Waals surface area contributed by atoms with E-state index in [2.05, 4.69) is 16.0 Å². The predicted molar refractivity (Wildman–Crippen MR) is 184 cm³/mol. The quantitative estimate of drug-likeness (QED) is 0.177. The van der Waals surface area contributed by atoms with Gasteiger partial charge in [0, 0.05) is 26.6 Å². The Hall–Kier alpha value is -4.21. The van der Waals surface area contributed by atoms with Crippen molar-refractivity contribution in [3.8, 4) is 5.75 Å². The standard InChI is InChI=1S/C38H50N4O5/c1-5-27(2)38(41-28(3)43)21-22-42(37(38)46)34(20-19-29-13-8-6-9-14-29)36(45)40-33(24-30-15-10-7-11-16-30)35(44)26-39-25-31-17-12-18-32(23-31)47-4/h6-18,23,27,33-35,39,44H,5,19-22,24-26H2,1-4H3,(H,40,45)(H,41,43)/t27-,33-,34+,35?,38-/m0/s1. The molecule has 9 nitrogen and oxygen atoms in total. The average molecular weight is 643 g/mol. The van der Waals surface area contributed by atoms with Gasteiger partial charge in [0.2, 0.25) is 17.7 Å². The average Bonchev–Trinajstić information content (AvgIpc) is 3.40. The van der Waals surface area contributed by atoms with E-state index >= 15 is 0 Å². The van der Waals surface area contributed by atoms with Crippen molar-refractivity contribution in [1.82, 2.24) is 20.9 Å². The minimum atomic E-state index is -1.06. The largest absolute Gasteiger partial charge is 0.497 e. The Morgan fingerprint density at radius 1 is 0.979 bits per heavy atom. The number of methoxy groups -OCH3 is 1. The van der Waals surface area contributed by atoms with Crippen LogP contribution in [-0.2, 0) is 33.8 Å². The van der Waals surface area contributed by atoms with Crippen molar-refractivity contribution in [2.45, 2.75) is 83.1 Å². The van der Waals surface area contributed by atoms with Crippen LogP contribution in [0.3, 0.4) is 0 Å². The van der Waals surface area contributed by atoms with Crippen molar-refractivity contribution >= 4 is 17.7 Å². The van der Waals surface area contributed by atoms with E-state index in [0.29, 0.717) is 45.2 Å². The number of aliphatic hydroxyl groups excluding tert-OH is 1. The van der Waals surface area contributed by atoms with E-state index in [4.69, 9.17) is 4.74 Å². The molecule has 0 spiro atoms. The molecular weight excluding hydrogens is 592 g/mol. The molecule has 1 saturated heterocycles. The van der Waals surface area contributed by atoms with E-state index in [1.807, 2.05) is 98.8 Å². The lowest BCUT2D eigenvalue weighted by Gasteiger charge is -2.36. The zero-order valence-corrected chi connectivity index (χ0v) is 28.1. The number of nitrogens with zero attached hydrogens (tertiary/aromatic N) is 1. The van der Waals surface area contributed by atoms with Gasteiger partial charge in [-0.15, -0.1) is 0 Å². The second kappa shape index (κ2) is 17.1. The number of hydrogen-bond acceptors (Lipinski definition) is 6. The smallest absolute Gasteiger partial charge is 0.249 e. The number of aryl methyl sites for hydroxylation is 1. The van der Waals surface area contributed by atoms with E-state index < -0.39 is 23.7 Å². The van der Waals surface area contributed by atoms with Crippen LogP contribution < -0.4 is 20.7 Å². The summed E-state index contributed by atoms with van der Waals surface area (Å²) in [5, 5.41) is 20.9. The summed E-state index contributed by atoms with van der Waals surface area (Å²) in [6.07, 6.45) is 1.63. The topological polar surface area (TPSA) is 120 Å². The number of hydrogen-bond donors (Lipinski definition) is 4. The first-order chi connectivity index (χ1) is 22.7. The number of rotatable bonds is 17. The van der Waals surface area contributed by atoms with Crippen LogP contribution >= 0.6 is 0 Å². The molecule has 3 aromatic rings. The monoisotopic (exact) mass is 642 g/mol. The summed E-state index contributed by atoms with van der Waals surface area (Å²) in [5.41, 5.74) is 2.00. The molecule has 0 aliphatic carbocycles. The van der Waals surface area contributed by atoms with Crippen LogP contribution in [0.5, 0.6) is 5.75 Å². The molecular formula is C38H50N4O5. The minimum Gasteiger partial charge on any atom is -0.497 e. The number of benzene rings is 3. The summed E-state index contributed by atoms with van der Waals surface area (Å²) in [6, 6.07) is 26.0. The number of amides is 3. The Kier molecular flexibility index (Phi) is 13.0. The molecule has 1 fully saturated rings. The molecule has 47 heavy (non-hydrogen) atoms. The highest BCUT2D eigenvalue weighted by atomic mass is 16.5. The fourth-order valence-corrected chi connectivity index (χ4v) is 6.51. The summed E-state index contributed by atoms with van der Waals surface area (Å²) in [7, 11) is 1.63. The van der Waals surface area contributed by atoms with Crippen LogP contribution in [0, 0.1) is 5.92 Å². The fraction of sp³-hybridized carbons (Fsp3) is 0.447. The van der Waals surface area contributed by atoms with Crippen LogP contribution in [0.15, 0.2) is 84.9 Å². The number of carbonyl (C=O) groups is 3. The number of nitrogens with one attached hydrogen (secondary N) is 3. The first-order valence-corrected chi connectivity index (χ1v) is 16.7. The Morgan fingerprint density at radius 2 is 1.64 bits per heavy atom. The van der Waals surface area contributed by atoms with E-state index in [-0.39, 0.29) is 30.2 Å². The Morgan fingerprint density at radius 3 is 2.28 bits per heavy atom. The van der Waals surface area contributed by atoms with Crippen molar-refractivity contribution in [1.29, 1.82) is 0 Å². The van der Waals surface area contributed by atoms with Gasteiger partial charge in [0.15, 0.2) is 0 Å². The third-order valence-electron chi connectivity index (χ3n) is 9.38. The molecule has 252 valence electrons. The van der Waals surface area contributed by atoms with Crippen molar-refractivity contribution in [2.75, 3.05) is 20.2 Å². The Balaban J connectivity index is 1.56. The molecule has 4 rings (SSSR count). The van der Waals surface area contributed by atoms with Gasteiger partial charge in [-0.2, -0.15) is 0 Å². The first kappa shape index (κ1) is 35.6. The normalized spacial score (nSPS) is 18.7. The number of aliphatic hydroxyl groups is 1. The first-order valence-electron chi connectivity index (χ1n) is 16.7. The van der Waals surface area contributed by atoms with Gasteiger partial charge >= 0.3 is 0 Å². The van der Waals surface area contributed by atoms with E-state index in [1.165, 1.54) is 6.92 Å². The van der Waals surface area contributed by atoms with E-state index in [1.54, 1.807) is 12.0 Å². The summed E-state index contributed by atoms with van der Waals surface area (Å²) < 4.78 is 5.33. The molecule has 5 atom stereocenters. The maximum Gasteiger partial charge on any atom is 0.249 e. The van der Waals surface area contributed by atoms with Gasteiger partial charge in [-0.1, -0.05) is 93.1 Å². The molecule has 1 aliphatic rings. The van der Waals surface area contributed by atoms with Crippen LogP contribution in [0.1, 0.15) is 56.7 Å². The van der Waals surface area contributed by atoms with Gasteiger partial charge in [-0.3, -0.25) is 14.4 Å². The van der Waals surface area contributed by atoms with Gasteiger partial charge in [-0.05, 0) is 60.4 Å². The van der Waals surface area contributed by atoms with Crippen molar-refractivity contribution in [2.24, 2.45) is 5.92 Å². The molecule has 4 N–H and O–H groups in total. The Labute approximate surface area is 279 Å². The summed E-state index contributed by atoms with van der Waals surface area (Å²) in [4.78, 5) is 42.5. The van der Waals surface area contributed by atoms with Gasteiger partial charge in [0.1, 0.15) is 17.3 Å². The number of carbonyl (C=O) groups excluding carboxylic acids is 3. The second-order valence-electron chi connectivity index (χ2n) is 12.6. The number of ether oxygens (including phenoxy) is 1. The summed E-state index contributed by atoms with van der Waals surface area (Å²) in [5.74, 6) is -0.156. The summed E-state index contributed by atoms with van der Waals surface area (Å²) in [6.45, 7) is 6.51. The van der Waals surface area contributed by atoms with Gasteiger partial charge in [-0.25, -0.2) is 0 Å². The molecule has 0 bridgehead atoms. The van der Waals surface area contributed by atoms with Gasteiger partial charge < -0.3 is 30.7 Å². The number of likely N-dealkylation sites (tertiary alicyclic amines) is 1. The maximum absolute atomic E-state index is 14.3. The lowest BCUT2D eigenvalue weighted by molar-refractivity contribution is -0.144. The summed E-state index contributed by atoms with van der Waals surface area (Å²) >= 11 is 0. The minimum absolute atomic E-state index is 0.106. The van der Waals surface area contributed by atoms with Crippen molar-refractivity contribution in [3.05, 3.63) is 102 Å². The zero-order valence-electron chi connectivity index (χ0n) is 28.1. The van der Waals surface area contributed by atoms with E-state index in [0.717, 1.165) is 22.4 Å². The lowest BCUT2D eigenvalue weighted by Crippen LogP contribution is -2.60. The Bertz CT molecular complexity index is 1450. The molecule has 0 saturated carbocycles. The highest BCUT2D eigenvalue weighted by Crippen LogP contribution is 2.34. The fourth-order valence-electron chi connectivity index (χ4n) is 6.51. The molecule has 1 heterocycles. The molecule has 0 aromatic heterocycles. The predicted octanol–water partition coefficient (Wildman–Crippen LogP) is 4.03. The third kappa shape index (κ3) is 9.42. The SMILES string of the molecule is CC[C@H](C)[C@@]1(NC(C)=O)CCN([C@H](CCc2ccccc2)C(=O)N[C@@H](Cc2ccccc2)C(O)CNCc2cccc(OC)c2)C1=O. The van der Waals surface area contributed by atoms with Gasteiger partial charge in [0.25, 0.3) is 0 Å². The molecule has 1 aliphatic heterocycles. The molecule has 1 unspecified atom stereocenters. The molecule has 3 aromatic carbocycles. The third-order valence-corrected chi connectivity index (χ3v) is 9.38. The second-order valence-corrected chi connectivity index (χ2v) is 12.6. The van der Waals surface area contributed by atoms with Crippen molar-refractivity contribution < 1.29 is 24.2 Å². The zero-order chi connectivity index (χ0) is 33.8. The lowest BCUT2D eigenvalue weighted by atomic mass is 9.81. The van der Waals surface area contributed by atoms with Crippen LogP contribution in [-0.4, -0.2) is 71.7 Å². The van der Waals surface area contributed by atoms with Crippen LogP contribution in [0.4, 0.5) is 0 Å².